The first kappa shape index (κ1) is 19.4. The summed E-state index contributed by atoms with van der Waals surface area (Å²) in [5, 5.41) is 14.8. The van der Waals surface area contributed by atoms with E-state index in [0.717, 1.165) is 23.8 Å². The fourth-order valence-electron chi connectivity index (χ4n) is 3.01. The lowest BCUT2D eigenvalue weighted by Gasteiger charge is -2.10. The van der Waals surface area contributed by atoms with Gasteiger partial charge in [0.25, 0.3) is 5.91 Å². The van der Waals surface area contributed by atoms with Gasteiger partial charge in [-0.3, -0.25) is 4.79 Å². The molecule has 0 spiro atoms. The zero-order chi connectivity index (χ0) is 21.1. The van der Waals surface area contributed by atoms with Crippen LogP contribution in [0.5, 0.6) is 0 Å². The average molecular weight is 408 g/mol. The molecule has 0 bridgehead atoms. The topological polar surface area (TPSA) is 77.6 Å². The molecule has 0 radical (unpaired) electrons. The second kappa shape index (κ2) is 8.24. The van der Waals surface area contributed by atoms with Crippen LogP contribution in [0.2, 0.25) is 0 Å². The molecule has 0 aliphatic carbocycles. The van der Waals surface area contributed by atoms with E-state index in [2.05, 4.69) is 20.7 Å². The number of nitrogens with zero attached hydrogens (tertiary/aromatic N) is 5. The smallest absolute Gasteiger partial charge is 0.278 e. The number of rotatable bonds is 6. The summed E-state index contributed by atoms with van der Waals surface area (Å²) in [6.45, 7) is 2.21. The number of hydrogen-bond acceptors (Lipinski definition) is 4. The minimum atomic E-state index is -0.550. The van der Waals surface area contributed by atoms with E-state index in [1.165, 1.54) is 4.68 Å². The van der Waals surface area contributed by atoms with Crippen LogP contribution in [0.15, 0.2) is 60.9 Å². The third-order valence-electron chi connectivity index (χ3n) is 4.54. The summed E-state index contributed by atoms with van der Waals surface area (Å²) in [6.07, 6.45) is 3.09. The maximum absolute atomic E-state index is 14.0. The Kier molecular flexibility index (Phi) is 5.34. The molecular formula is C21H18F2N6O. The number of halogens is 2. The van der Waals surface area contributed by atoms with Gasteiger partial charge in [0.1, 0.15) is 17.5 Å². The zero-order valence-electron chi connectivity index (χ0n) is 16.1. The summed E-state index contributed by atoms with van der Waals surface area (Å²) in [5.41, 5.74) is 1.97. The summed E-state index contributed by atoms with van der Waals surface area (Å²) in [6, 6.07) is 12.9. The minimum absolute atomic E-state index is 0.0340. The monoisotopic (exact) mass is 408 g/mol. The molecule has 0 saturated heterocycles. The molecule has 2 aromatic carbocycles. The Bertz CT molecular complexity index is 1190. The number of aromatic nitrogens is 5. The van der Waals surface area contributed by atoms with Gasteiger partial charge in [0.15, 0.2) is 5.69 Å². The lowest BCUT2D eigenvalue weighted by atomic mass is 10.2. The molecule has 1 N–H and O–H groups in total. The van der Waals surface area contributed by atoms with Crippen molar-refractivity contribution < 1.29 is 13.6 Å². The highest BCUT2D eigenvalue weighted by Gasteiger charge is 2.17. The van der Waals surface area contributed by atoms with Crippen molar-refractivity contribution in [1.29, 1.82) is 0 Å². The Morgan fingerprint density at radius 3 is 2.70 bits per heavy atom. The molecule has 0 aliphatic heterocycles. The van der Waals surface area contributed by atoms with E-state index in [0.29, 0.717) is 17.9 Å². The van der Waals surface area contributed by atoms with Crippen LogP contribution in [0.25, 0.3) is 0 Å². The minimum Gasteiger partial charge on any atom is -0.305 e. The first-order valence-corrected chi connectivity index (χ1v) is 9.21. The Hall–Kier alpha value is -3.88. The number of carbonyl (C=O) groups is 1. The van der Waals surface area contributed by atoms with Crippen molar-refractivity contribution in [1.82, 2.24) is 24.8 Å². The van der Waals surface area contributed by atoms with E-state index in [1.807, 2.05) is 30.3 Å². The highest BCUT2D eigenvalue weighted by Crippen LogP contribution is 2.19. The molecule has 0 fully saturated rings. The highest BCUT2D eigenvalue weighted by molar-refractivity contribution is 6.02. The second-order valence-electron chi connectivity index (χ2n) is 6.81. The molecule has 152 valence electrons. The number of amides is 1. The lowest BCUT2D eigenvalue weighted by Crippen LogP contribution is -2.17. The van der Waals surface area contributed by atoms with Crippen molar-refractivity contribution in [2.75, 3.05) is 5.32 Å². The quantitative estimate of drug-likeness (QED) is 0.530. The molecule has 0 atom stereocenters. The maximum atomic E-state index is 14.0. The molecular weight excluding hydrogens is 390 g/mol. The normalized spacial score (nSPS) is 10.9. The number of nitrogens with one attached hydrogen (secondary N) is 1. The van der Waals surface area contributed by atoms with E-state index in [9.17, 15) is 13.6 Å². The molecule has 9 heteroatoms. The fourth-order valence-corrected chi connectivity index (χ4v) is 3.01. The van der Waals surface area contributed by atoms with E-state index in [1.54, 1.807) is 24.0 Å². The van der Waals surface area contributed by atoms with E-state index >= 15 is 0 Å². The number of hydrogen-bond donors (Lipinski definition) is 1. The van der Waals surface area contributed by atoms with Gasteiger partial charge in [-0.25, -0.2) is 18.1 Å². The lowest BCUT2D eigenvalue weighted by molar-refractivity contribution is 0.102. The highest BCUT2D eigenvalue weighted by atomic mass is 19.1. The van der Waals surface area contributed by atoms with Crippen LogP contribution in [-0.2, 0) is 13.1 Å². The molecule has 0 unspecified atom stereocenters. The molecule has 7 nitrogen and oxygen atoms in total. The predicted molar refractivity (Wildman–Crippen MR) is 106 cm³/mol. The summed E-state index contributed by atoms with van der Waals surface area (Å²) in [7, 11) is 0. The molecule has 4 rings (SSSR count). The van der Waals surface area contributed by atoms with Crippen molar-refractivity contribution >= 4 is 11.7 Å². The zero-order valence-corrected chi connectivity index (χ0v) is 16.1. The van der Waals surface area contributed by atoms with Crippen LogP contribution in [0.4, 0.5) is 14.6 Å². The second-order valence-corrected chi connectivity index (χ2v) is 6.81. The van der Waals surface area contributed by atoms with Gasteiger partial charge in [0, 0.05) is 11.1 Å². The molecule has 2 heterocycles. The third-order valence-corrected chi connectivity index (χ3v) is 4.54. The van der Waals surface area contributed by atoms with Crippen LogP contribution in [0, 0.1) is 18.6 Å². The van der Waals surface area contributed by atoms with Crippen molar-refractivity contribution in [3.8, 4) is 0 Å². The van der Waals surface area contributed by atoms with E-state index < -0.39 is 17.5 Å². The van der Waals surface area contributed by atoms with Crippen LogP contribution < -0.4 is 5.32 Å². The van der Waals surface area contributed by atoms with E-state index in [-0.39, 0.29) is 17.8 Å². The molecule has 30 heavy (non-hydrogen) atoms. The van der Waals surface area contributed by atoms with Crippen LogP contribution >= 0.6 is 0 Å². The van der Waals surface area contributed by atoms with Gasteiger partial charge in [0.2, 0.25) is 0 Å². The molecule has 0 saturated carbocycles. The molecule has 1 amide bonds. The van der Waals surface area contributed by atoms with Gasteiger partial charge in [-0.15, -0.1) is 5.10 Å². The predicted octanol–water partition coefficient (Wildman–Crippen LogP) is 3.41. The summed E-state index contributed by atoms with van der Waals surface area (Å²) in [4.78, 5) is 12.7. The van der Waals surface area contributed by atoms with Gasteiger partial charge in [-0.2, -0.15) is 5.10 Å². The van der Waals surface area contributed by atoms with Crippen molar-refractivity contribution in [3.63, 3.8) is 0 Å². The van der Waals surface area contributed by atoms with Crippen molar-refractivity contribution in [3.05, 3.63) is 94.9 Å². The van der Waals surface area contributed by atoms with Crippen LogP contribution in [-0.4, -0.2) is 30.7 Å². The average Bonchev–Trinajstić information content (AvgIpc) is 3.33. The van der Waals surface area contributed by atoms with Gasteiger partial charge >= 0.3 is 0 Å². The van der Waals surface area contributed by atoms with Crippen LogP contribution in [0.1, 0.15) is 27.2 Å². The SMILES string of the molecule is Cc1cnn(Cc2cc(F)ccc2F)c1NC(=O)c1cn(Cc2ccccc2)nn1. The standard InChI is InChI=1S/C21H18F2N6O/c1-14-10-24-29(12-16-9-17(22)7-8-18(16)23)20(14)25-21(30)19-13-28(27-26-19)11-15-5-3-2-4-6-15/h2-10,13H,11-12H2,1H3,(H,25,30). The number of aryl methyl sites for hydroxylation is 1. The fraction of sp³-hybridized carbons (Fsp3) is 0.143. The summed E-state index contributed by atoms with van der Waals surface area (Å²) >= 11 is 0. The first-order chi connectivity index (χ1) is 14.5. The largest absolute Gasteiger partial charge is 0.305 e. The van der Waals surface area contributed by atoms with Crippen molar-refractivity contribution in [2.24, 2.45) is 0 Å². The molecule has 4 aromatic rings. The number of carbonyl (C=O) groups excluding carboxylic acids is 1. The summed E-state index contributed by atoms with van der Waals surface area (Å²) in [5.74, 6) is -1.19. The Morgan fingerprint density at radius 1 is 1.10 bits per heavy atom. The molecule has 2 aromatic heterocycles. The Morgan fingerprint density at radius 2 is 1.90 bits per heavy atom. The van der Waals surface area contributed by atoms with Gasteiger partial charge in [0.05, 0.1) is 25.5 Å². The number of anilines is 1. The van der Waals surface area contributed by atoms with Gasteiger partial charge in [-0.1, -0.05) is 35.5 Å². The van der Waals surface area contributed by atoms with Crippen LogP contribution in [0.3, 0.4) is 0 Å². The Balaban J connectivity index is 1.50. The third kappa shape index (κ3) is 4.24. The van der Waals surface area contributed by atoms with Crippen molar-refractivity contribution in [2.45, 2.75) is 20.0 Å². The maximum Gasteiger partial charge on any atom is 0.278 e. The number of benzene rings is 2. The molecule has 0 aliphatic rings. The van der Waals surface area contributed by atoms with Gasteiger partial charge in [-0.05, 0) is 30.7 Å². The first-order valence-electron chi connectivity index (χ1n) is 9.21. The van der Waals surface area contributed by atoms with Gasteiger partial charge < -0.3 is 5.32 Å². The Labute approximate surface area is 171 Å². The summed E-state index contributed by atoms with van der Waals surface area (Å²) < 4.78 is 30.4. The van der Waals surface area contributed by atoms with E-state index in [4.69, 9.17) is 0 Å².